The van der Waals surface area contributed by atoms with Crippen molar-refractivity contribution in [2.24, 2.45) is 0 Å². The van der Waals surface area contributed by atoms with Gasteiger partial charge in [0.25, 0.3) is 0 Å². The fourth-order valence-corrected chi connectivity index (χ4v) is 1.89. The van der Waals surface area contributed by atoms with Crippen molar-refractivity contribution in [2.75, 3.05) is 0 Å². The Labute approximate surface area is 113 Å². The van der Waals surface area contributed by atoms with Crippen LogP contribution in [-0.2, 0) is 6.54 Å². The third-order valence-corrected chi connectivity index (χ3v) is 3.15. The molecule has 2 rings (SSSR count). The molecule has 0 atom stereocenters. The van der Waals surface area contributed by atoms with Crippen molar-refractivity contribution in [1.29, 1.82) is 0 Å². The van der Waals surface area contributed by atoms with Crippen LogP contribution in [0.15, 0.2) is 30.5 Å². The third kappa shape index (κ3) is 2.92. The van der Waals surface area contributed by atoms with Crippen LogP contribution in [0.1, 0.15) is 25.1 Å². The van der Waals surface area contributed by atoms with E-state index >= 15 is 0 Å². The summed E-state index contributed by atoms with van der Waals surface area (Å²) in [6.45, 7) is 7.01. The molecular weight excluding hydrogens is 246 g/mol. The molecule has 0 spiro atoms. The first-order valence-electron chi connectivity index (χ1n) is 6.11. The second-order valence-corrected chi connectivity index (χ2v) is 5.08. The van der Waals surface area contributed by atoms with Gasteiger partial charge in [-0.15, -0.1) is 0 Å². The molecule has 3 nitrogen and oxygen atoms in total. The average molecular weight is 264 g/mol. The standard InChI is InChI=1S/C14H18ClN3/c1-10(2)16-8-12-6-4-5-7-14(12)18-9-13(15)11(3)17-18/h4-7,9-10,16H,8H2,1-3H3. The summed E-state index contributed by atoms with van der Waals surface area (Å²) in [5.74, 6) is 0. The zero-order chi connectivity index (χ0) is 13.1. The normalized spacial score (nSPS) is 11.2. The van der Waals surface area contributed by atoms with Crippen LogP contribution in [0.4, 0.5) is 0 Å². The van der Waals surface area contributed by atoms with Crippen LogP contribution in [-0.4, -0.2) is 15.8 Å². The molecule has 0 aliphatic heterocycles. The first-order chi connectivity index (χ1) is 8.58. The predicted molar refractivity (Wildman–Crippen MR) is 75.3 cm³/mol. The Morgan fingerprint density at radius 3 is 2.67 bits per heavy atom. The fraction of sp³-hybridized carbons (Fsp3) is 0.357. The minimum atomic E-state index is 0.459. The number of aryl methyl sites for hydroxylation is 1. The van der Waals surface area contributed by atoms with Gasteiger partial charge in [0.05, 0.1) is 16.4 Å². The van der Waals surface area contributed by atoms with Crippen LogP contribution >= 0.6 is 11.6 Å². The summed E-state index contributed by atoms with van der Waals surface area (Å²) < 4.78 is 1.84. The number of benzene rings is 1. The molecule has 18 heavy (non-hydrogen) atoms. The van der Waals surface area contributed by atoms with Gasteiger partial charge < -0.3 is 5.32 Å². The summed E-state index contributed by atoms with van der Waals surface area (Å²) in [5, 5.41) is 8.54. The largest absolute Gasteiger partial charge is 0.310 e. The van der Waals surface area contributed by atoms with Crippen LogP contribution in [0.2, 0.25) is 5.02 Å². The van der Waals surface area contributed by atoms with Gasteiger partial charge in [0.15, 0.2) is 0 Å². The zero-order valence-corrected chi connectivity index (χ0v) is 11.7. The van der Waals surface area contributed by atoms with E-state index in [1.54, 1.807) is 0 Å². The molecule has 1 heterocycles. The highest BCUT2D eigenvalue weighted by molar-refractivity contribution is 6.31. The second-order valence-electron chi connectivity index (χ2n) is 4.67. The SMILES string of the molecule is Cc1nn(-c2ccccc2CNC(C)C)cc1Cl. The lowest BCUT2D eigenvalue weighted by atomic mass is 10.1. The number of hydrogen-bond acceptors (Lipinski definition) is 2. The monoisotopic (exact) mass is 263 g/mol. The first-order valence-corrected chi connectivity index (χ1v) is 6.49. The Morgan fingerprint density at radius 2 is 2.06 bits per heavy atom. The number of halogens is 1. The maximum atomic E-state index is 6.06. The molecule has 4 heteroatoms. The maximum Gasteiger partial charge on any atom is 0.0819 e. The number of para-hydroxylation sites is 1. The number of aromatic nitrogens is 2. The molecule has 0 radical (unpaired) electrons. The summed E-state index contributed by atoms with van der Waals surface area (Å²) in [7, 11) is 0. The summed E-state index contributed by atoms with van der Waals surface area (Å²) >= 11 is 6.06. The van der Waals surface area contributed by atoms with E-state index in [1.807, 2.05) is 29.9 Å². The van der Waals surface area contributed by atoms with Crippen molar-refractivity contribution in [3.63, 3.8) is 0 Å². The van der Waals surface area contributed by atoms with Gasteiger partial charge in [-0.3, -0.25) is 0 Å². The molecule has 0 saturated carbocycles. The quantitative estimate of drug-likeness (QED) is 0.917. The van der Waals surface area contributed by atoms with Gasteiger partial charge in [0.2, 0.25) is 0 Å². The fourth-order valence-electron chi connectivity index (χ4n) is 1.76. The topological polar surface area (TPSA) is 29.9 Å². The summed E-state index contributed by atoms with van der Waals surface area (Å²) in [6, 6.07) is 8.68. The van der Waals surface area contributed by atoms with E-state index in [0.29, 0.717) is 11.1 Å². The number of nitrogens with zero attached hydrogens (tertiary/aromatic N) is 2. The molecule has 0 amide bonds. The highest BCUT2D eigenvalue weighted by atomic mass is 35.5. The molecule has 0 unspecified atom stereocenters. The Balaban J connectivity index is 2.32. The minimum Gasteiger partial charge on any atom is -0.310 e. The Morgan fingerprint density at radius 1 is 1.33 bits per heavy atom. The van der Waals surface area contributed by atoms with E-state index in [1.165, 1.54) is 5.56 Å². The highest BCUT2D eigenvalue weighted by Gasteiger charge is 2.08. The molecule has 0 fully saturated rings. The molecule has 1 aromatic carbocycles. The zero-order valence-electron chi connectivity index (χ0n) is 10.9. The van der Waals surface area contributed by atoms with Gasteiger partial charge in [0, 0.05) is 18.8 Å². The van der Waals surface area contributed by atoms with E-state index in [9.17, 15) is 0 Å². The molecule has 96 valence electrons. The lowest BCUT2D eigenvalue weighted by molar-refractivity contribution is 0.586. The lowest BCUT2D eigenvalue weighted by Gasteiger charge is -2.12. The van der Waals surface area contributed by atoms with E-state index < -0.39 is 0 Å². The van der Waals surface area contributed by atoms with Gasteiger partial charge in [-0.2, -0.15) is 5.10 Å². The molecule has 0 saturated heterocycles. The lowest BCUT2D eigenvalue weighted by Crippen LogP contribution is -2.22. The van der Waals surface area contributed by atoms with Crippen LogP contribution in [0.5, 0.6) is 0 Å². The Kier molecular flexibility index (Phi) is 4.04. The number of nitrogens with one attached hydrogen (secondary N) is 1. The maximum absolute atomic E-state index is 6.06. The third-order valence-electron chi connectivity index (χ3n) is 2.78. The van der Waals surface area contributed by atoms with Crippen molar-refractivity contribution in [3.05, 3.63) is 46.7 Å². The van der Waals surface area contributed by atoms with Gasteiger partial charge in [-0.05, 0) is 18.6 Å². The predicted octanol–water partition coefficient (Wildman–Crippen LogP) is 3.33. The summed E-state index contributed by atoms with van der Waals surface area (Å²) in [4.78, 5) is 0. The van der Waals surface area contributed by atoms with Gasteiger partial charge in [-0.1, -0.05) is 43.6 Å². The van der Waals surface area contributed by atoms with Crippen molar-refractivity contribution in [3.8, 4) is 5.69 Å². The van der Waals surface area contributed by atoms with E-state index in [4.69, 9.17) is 11.6 Å². The second kappa shape index (κ2) is 5.55. The van der Waals surface area contributed by atoms with Crippen molar-refractivity contribution in [1.82, 2.24) is 15.1 Å². The number of hydrogen-bond donors (Lipinski definition) is 1. The summed E-state index contributed by atoms with van der Waals surface area (Å²) in [5.41, 5.74) is 3.13. The Hall–Kier alpha value is -1.32. The van der Waals surface area contributed by atoms with Crippen LogP contribution < -0.4 is 5.32 Å². The molecule has 2 aromatic rings. The van der Waals surface area contributed by atoms with Crippen LogP contribution in [0.3, 0.4) is 0 Å². The van der Waals surface area contributed by atoms with Gasteiger partial charge in [-0.25, -0.2) is 4.68 Å². The van der Waals surface area contributed by atoms with Crippen LogP contribution in [0.25, 0.3) is 5.69 Å². The van der Waals surface area contributed by atoms with E-state index in [-0.39, 0.29) is 0 Å². The minimum absolute atomic E-state index is 0.459. The van der Waals surface area contributed by atoms with Crippen molar-refractivity contribution in [2.45, 2.75) is 33.4 Å². The van der Waals surface area contributed by atoms with Gasteiger partial charge in [0.1, 0.15) is 0 Å². The Bertz CT molecular complexity index is 512. The van der Waals surface area contributed by atoms with Crippen LogP contribution in [0, 0.1) is 6.92 Å². The molecular formula is C14H18ClN3. The van der Waals surface area contributed by atoms with E-state index in [0.717, 1.165) is 17.9 Å². The van der Waals surface area contributed by atoms with Crippen molar-refractivity contribution >= 4 is 11.6 Å². The van der Waals surface area contributed by atoms with E-state index in [2.05, 4.69) is 36.4 Å². The summed E-state index contributed by atoms with van der Waals surface area (Å²) in [6.07, 6.45) is 1.85. The molecule has 0 aliphatic carbocycles. The highest BCUT2D eigenvalue weighted by Crippen LogP contribution is 2.19. The molecule has 0 aliphatic rings. The molecule has 1 N–H and O–H groups in total. The first kappa shape index (κ1) is 13.1. The average Bonchev–Trinajstić information content (AvgIpc) is 2.67. The molecule has 0 bridgehead atoms. The van der Waals surface area contributed by atoms with Gasteiger partial charge >= 0.3 is 0 Å². The van der Waals surface area contributed by atoms with Crippen molar-refractivity contribution < 1.29 is 0 Å². The number of rotatable bonds is 4. The smallest absolute Gasteiger partial charge is 0.0819 e. The molecule has 1 aromatic heterocycles.